The number of hydrogen-bond acceptors (Lipinski definition) is 0. The third kappa shape index (κ3) is 1.79. The molecular formula is C14H19N. The van der Waals surface area contributed by atoms with E-state index >= 15 is 0 Å². The van der Waals surface area contributed by atoms with Crippen molar-refractivity contribution in [1.29, 1.82) is 0 Å². The van der Waals surface area contributed by atoms with Crippen LogP contribution >= 0.6 is 0 Å². The van der Waals surface area contributed by atoms with Crippen LogP contribution in [-0.4, -0.2) is 4.98 Å². The van der Waals surface area contributed by atoms with E-state index in [0.29, 0.717) is 5.92 Å². The van der Waals surface area contributed by atoms with Crippen LogP contribution in [0.25, 0.3) is 10.9 Å². The molecule has 0 bridgehead atoms. The van der Waals surface area contributed by atoms with Gasteiger partial charge in [0.2, 0.25) is 0 Å². The van der Waals surface area contributed by atoms with Gasteiger partial charge in [-0.25, -0.2) is 0 Å². The molecule has 1 heteroatoms. The summed E-state index contributed by atoms with van der Waals surface area (Å²) in [6.07, 6.45) is 4.42. The smallest absolute Gasteiger partial charge is 0.0489 e. The van der Waals surface area contributed by atoms with E-state index in [2.05, 4.69) is 50.2 Å². The average Bonchev–Trinajstić information content (AvgIpc) is 2.66. The van der Waals surface area contributed by atoms with Crippen LogP contribution in [0.4, 0.5) is 0 Å². The highest BCUT2D eigenvalue weighted by molar-refractivity contribution is 5.86. The first-order valence-corrected chi connectivity index (χ1v) is 5.83. The number of benzene rings is 1. The third-order valence-electron chi connectivity index (χ3n) is 2.98. The van der Waals surface area contributed by atoms with E-state index in [1.165, 1.54) is 28.5 Å². The van der Waals surface area contributed by atoms with Gasteiger partial charge in [-0.05, 0) is 29.5 Å². The van der Waals surface area contributed by atoms with Crippen LogP contribution < -0.4 is 0 Å². The maximum atomic E-state index is 3.37. The molecule has 0 fully saturated rings. The third-order valence-corrected chi connectivity index (χ3v) is 2.98. The van der Waals surface area contributed by atoms with E-state index in [4.69, 9.17) is 0 Å². The van der Waals surface area contributed by atoms with Gasteiger partial charge in [0.25, 0.3) is 0 Å². The summed E-state index contributed by atoms with van der Waals surface area (Å²) in [5, 5.41) is 1.40. The maximum Gasteiger partial charge on any atom is 0.0489 e. The fraction of sp³-hybridized carbons (Fsp3) is 0.429. The number of aromatic amines is 1. The molecule has 0 atom stereocenters. The zero-order chi connectivity index (χ0) is 10.8. The summed E-state index contributed by atoms with van der Waals surface area (Å²) in [6.45, 7) is 6.73. The fourth-order valence-electron chi connectivity index (χ4n) is 2.22. The largest absolute Gasteiger partial charge is 0.361 e. The van der Waals surface area contributed by atoms with E-state index in [0.717, 1.165) is 6.42 Å². The Morgan fingerprint density at radius 2 is 2.00 bits per heavy atom. The number of hydrogen-bond donors (Lipinski definition) is 1. The van der Waals surface area contributed by atoms with Gasteiger partial charge in [-0.3, -0.25) is 0 Å². The van der Waals surface area contributed by atoms with Gasteiger partial charge in [0, 0.05) is 17.1 Å². The van der Waals surface area contributed by atoms with E-state index < -0.39 is 0 Å². The lowest BCUT2D eigenvalue weighted by Gasteiger charge is -2.10. The molecule has 80 valence electrons. The lowest BCUT2D eigenvalue weighted by atomic mass is 9.96. The van der Waals surface area contributed by atoms with Crippen LogP contribution in [0.1, 0.15) is 44.2 Å². The van der Waals surface area contributed by atoms with Gasteiger partial charge < -0.3 is 4.98 Å². The number of fused-ring (bicyclic) bond motifs is 1. The molecule has 0 aliphatic carbocycles. The molecule has 0 saturated carbocycles. The molecule has 0 spiro atoms. The standard InChI is InChI=1S/C14H19N/c1-4-5-11-6-7-12(10(2)3)13-8-9-15-14(11)13/h6-10,15H,4-5H2,1-3H3. The lowest BCUT2D eigenvalue weighted by molar-refractivity contribution is 0.872. The summed E-state index contributed by atoms with van der Waals surface area (Å²) in [6, 6.07) is 6.76. The monoisotopic (exact) mass is 201 g/mol. The molecule has 2 aromatic rings. The predicted octanol–water partition coefficient (Wildman–Crippen LogP) is 4.24. The highest BCUT2D eigenvalue weighted by Crippen LogP contribution is 2.27. The second kappa shape index (κ2) is 4.09. The van der Waals surface area contributed by atoms with Crippen molar-refractivity contribution < 1.29 is 0 Å². The summed E-state index contributed by atoms with van der Waals surface area (Å²) in [7, 11) is 0. The molecule has 0 amide bonds. The summed E-state index contributed by atoms with van der Waals surface area (Å²) in [5.41, 5.74) is 4.23. The van der Waals surface area contributed by atoms with Crippen LogP contribution in [-0.2, 0) is 6.42 Å². The minimum atomic E-state index is 0.596. The molecule has 1 N–H and O–H groups in total. The number of H-pyrrole nitrogens is 1. The number of aryl methyl sites for hydroxylation is 1. The Morgan fingerprint density at radius 1 is 1.20 bits per heavy atom. The summed E-state index contributed by atoms with van der Waals surface area (Å²) in [4.78, 5) is 3.37. The highest BCUT2D eigenvalue weighted by Gasteiger charge is 2.08. The first-order chi connectivity index (χ1) is 7.24. The molecule has 1 heterocycles. The van der Waals surface area contributed by atoms with Gasteiger partial charge in [0.15, 0.2) is 0 Å². The van der Waals surface area contributed by atoms with Crippen molar-refractivity contribution in [2.45, 2.75) is 39.5 Å². The molecule has 0 aliphatic heterocycles. The van der Waals surface area contributed by atoms with E-state index in [1.54, 1.807) is 0 Å². The molecule has 0 saturated heterocycles. The Hall–Kier alpha value is -1.24. The minimum Gasteiger partial charge on any atom is -0.361 e. The van der Waals surface area contributed by atoms with Crippen molar-refractivity contribution in [3.8, 4) is 0 Å². The Morgan fingerprint density at radius 3 is 2.67 bits per heavy atom. The van der Waals surface area contributed by atoms with E-state index in [-0.39, 0.29) is 0 Å². The van der Waals surface area contributed by atoms with Gasteiger partial charge >= 0.3 is 0 Å². The summed E-state index contributed by atoms with van der Waals surface area (Å²) >= 11 is 0. The second-order valence-electron chi connectivity index (χ2n) is 4.48. The highest BCUT2D eigenvalue weighted by atomic mass is 14.7. The predicted molar refractivity (Wildman–Crippen MR) is 66.4 cm³/mol. The number of nitrogens with one attached hydrogen (secondary N) is 1. The maximum absolute atomic E-state index is 3.37. The Balaban J connectivity index is 2.60. The summed E-state index contributed by atoms with van der Waals surface area (Å²) in [5.74, 6) is 0.596. The van der Waals surface area contributed by atoms with Crippen molar-refractivity contribution in [3.63, 3.8) is 0 Å². The second-order valence-corrected chi connectivity index (χ2v) is 4.48. The van der Waals surface area contributed by atoms with Crippen LogP contribution in [0, 0.1) is 0 Å². The molecule has 15 heavy (non-hydrogen) atoms. The SMILES string of the molecule is CCCc1ccc(C(C)C)c2cc[nH]c12. The van der Waals surface area contributed by atoms with E-state index in [1.807, 2.05) is 0 Å². The van der Waals surface area contributed by atoms with Gasteiger partial charge in [-0.15, -0.1) is 0 Å². The molecule has 2 rings (SSSR count). The molecule has 1 nitrogen and oxygen atoms in total. The molecule has 0 radical (unpaired) electrons. The first kappa shape index (κ1) is 10.3. The van der Waals surface area contributed by atoms with Gasteiger partial charge in [-0.1, -0.05) is 39.3 Å². The molecular weight excluding hydrogens is 182 g/mol. The number of aromatic nitrogens is 1. The Kier molecular flexibility index (Phi) is 2.81. The van der Waals surface area contributed by atoms with Crippen LogP contribution in [0.3, 0.4) is 0 Å². The quantitative estimate of drug-likeness (QED) is 0.764. The van der Waals surface area contributed by atoms with Crippen LogP contribution in [0.15, 0.2) is 24.4 Å². The van der Waals surface area contributed by atoms with Crippen molar-refractivity contribution in [3.05, 3.63) is 35.5 Å². The molecule has 1 aromatic heterocycles. The summed E-state index contributed by atoms with van der Waals surface area (Å²) < 4.78 is 0. The van der Waals surface area contributed by atoms with Crippen LogP contribution in [0.5, 0.6) is 0 Å². The topological polar surface area (TPSA) is 15.8 Å². The average molecular weight is 201 g/mol. The van der Waals surface area contributed by atoms with Crippen molar-refractivity contribution in [2.24, 2.45) is 0 Å². The minimum absolute atomic E-state index is 0.596. The van der Waals surface area contributed by atoms with Crippen molar-refractivity contribution in [2.75, 3.05) is 0 Å². The van der Waals surface area contributed by atoms with Gasteiger partial charge in [0.05, 0.1) is 0 Å². The lowest BCUT2D eigenvalue weighted by Crippen LogP contribution is -1.92. The van der Waals surface area contributed by atoms with Crippen LogP contribution in [0.2, 0.25) is 0 Å². The van der Waals surface area contributed by atoms with Crippen molar-refractivity contribution in [1.82, 2.24) is 4.98 Å². The Bertz CT molecular complexity index is 451. The zero-order valence-electron chi connectivity index (χ0n) is 9.80. The number of rotatable bonds is 3. The molecule has 1 aromatic carbocycles. The zero-order valence-corrected chi connectivity index (χ0v) is 9.80. The van der Waals surface area contributed by atoms with Gasteiger partial charge in [-0.2, -0.15) is 0 Å². The first-order valence-electron chi connectivity index (χ1n) is 5.83. The molecule has 0 aliphatic rings. The molecule has 0 unspecified atom stereocenters. The normalized spacial score (nSPS) is 11.5. The van der Waals surface area contributed by atoms with Gasteiger partial charge in [0.1, 0.15) is 0 Å². The fourth-order valence-corrected chi connectivity index (χ4v) is 2.22. The Labute approximate surface area is 91.5 Å². The van der Waals surface area contributed by atoms with E-state index in [9.17, 15) is 0 Å². The van der Waals surface area contributed by atoms with Crippen molar-refractivity contribution >= 4 is 10.9 Å².